The minimum absolute atomic E-state index is 0.640. The van der Waals surface area contributed by atoms with Gasteiger partial charge in [-0.15, -0.1) is 0 Å². The lowest BCUT2D eigenvalue weighted by Crippen LogP contribution is -1.99. The smallest absolute Gasteiger partial charge is 0.164 e. The number of benzene rings is 3. The van der Waals surface area contributed by atoms with Gasteiger partial charge in [-0.25, -0.2) is 15.0 Å². The Labute approximate surface area is 184 Å². The van der Waals surface area contributed by atoms with Gasteiger partial charge in [-0.1, -0.05) is 60.7 Å². The van der Waals surface area contributed by atoms with E-state index in [-0.39, 0.29) is 0 Å². The second-order valence-corrected chi connectivity index (χ2v) is 7.63. The molecule has 5 nitrogen and oxygen atoms in total. The first kappa shape index (κ1) is 18.4. The number of fused-ring (bicyclic) bond motifs is 3. The molecule has 3 heterocycles. The van der Waals surface area contributed by atoms with Gasteiger partial charge in [0.15, 0.2) is 11.6 Å². The van der Waals surface area contributed by atoms with E-state index in [0.29, 0.717) is 17.5 Å². The summed E-state index contributed by atoms with van der Waals surface area (Å²) >= 11 is 0. The van der Waals surface area contributed by atoms with Gasteiger partial charge in [0.25, 0.3) is 0 Å². The van der Waals surface area contributed by atoms with Gasteiger partial charge in [0.1, 0.15) is 17.0 Å². The second kappa shape index (κ2) is 7.39. The molecule has 0 atom stereocenters. The Kier molecular flexibility index (Phi) is 4.25. The fourth-order valence-electron chi connectivity index (χ4n) is 4.04. The SMILES string of the molecule is Cc1nc(-c2ccc(-c3cccnc3)cc2)nc(-c2cccc3oc4ccccc4c23)n1. The maximum absolute atomic E-state index is 6.04. The zero-order chi connectivity index (χ0) is 21.5. The number of aromatic nitrogens is 4. The van der Waals surface area contributed by atoms with Crippen LogP contribution in [0, 0.1) is 6.92 Å². The summed E-state index contributed by atoms with van der Waals surface area (Å²) in [6, 6.07) is 26.2. The predicted molar refractivity (Wildman–Crippen MR) is 126 cm³/mol. The molecule has 0 spiro atoms. The fourth-order valence-corrected chi connectivity index (χ4v) is 4.04. The van der Waals surface area contributed by atoms with E-state index in [0.717, 1.165) is 44.2 Å². The van der Waals surface area contributed by atoms with E-state index in [2.05, 4.69) is 33.2 Å². The third-order valence-corrected chi connectivity index (χ3v) is 5.53. The van der Waals surface area contributed by atoms with Crippen LogP contribution >= 0.6 is 0 Å². The van der Waals surface area contributed by atoms with Crippen molar-refractivity contribution in [2.24, 2.45) is 0 Å². The van der Waals surface area contributed by atoms with Crippen LogP contribution in [-0.4, -0.2) is 19.9 Å². The molecule has 0 aliphatic heterocycles. The Balaban J connectivity index is 1.48. The lowest BCUT2D eigenvalue weighted by Gasteiger charge is -2.08. The Morgan fingerprint density at radius 2 is 1.41 bits per heavy atom. The van der Waals surface area contributed by atoms with Gasteiger partial charge in [0.05, 0.1) is 0 Å². The molecule has 3 aromatic heterocycles. The van der Waals surface area contributed by atoms with Crippen molar-refractivity contribution in [2.45, 2.75) is 6.92 Å². The third kappa shape index (κ3) is 3.11. The summed E-state index contributed by atoms with van der Waals surface area (Å²) in [6.07, 6.45) is 3.63. The summed E-state index contributed by atoms with van der Waals surface area (Å²) < 4.78 is 6.04. The lowest BCUT2D eigenvalue weighted by molar-refractivity contribution is 0.669. The number of hydrogen-bond donors (Lipinski definition) is 0. The van der Waals surface area contributed by atoms with Crippen molar-refractivity contribution >= 4 is 21.9 Å². The quantitative estimate of drug-likeness (QED) is 0.332. The summed E-state index contributed by atoms with van der Waals surface area (Å²) in [6.45, 7) is 1.90. The Hall–Kier alpha value is -4.38. The van der Waals surface area contributed by atoms with Gasteiger partial charge < -0.3 is 4.42 Å². The summed E-state index contributed by atoms with van der Waals surface area (Å²) in [4.78, 5) is 18.3. The van der Waals surface area contributed by atoms with E-state index in [9.17, 15) is 0 Å². The molecule has 0 aliphatic rings. The van der Waals surface area contributed by atoms with Crippen LogP contribution in [0.25, 0.3) is 55.8 Å². The monoisotopic (exact) mass is 414 g/mol. The van der Waals surface area contributed by atoms with Crippen LogP contribution in [0.2, 0.25) is 0 Å². The van der Waals surface area contributed by atoms with Gasteiger partial charge in [-0.2, -0.15) is 0 Å². The molecule has 5 heteroatoms. The van der Waals surface area contributed by atoms with Crippen molar-refractivity contribution in [1.29, 1.82) is 0 Å². The number of para-hydroxylation sites is 1. The molecule has 6 aromatic rings. The van der Waals surface area contributed by atoms with E-state index in [1.165, 1.54) is 0 Å². The molecule has 3 aromatic carbocycles. The van der Waals surface area contributed by atoms with Crippen LogP contribution < -0.4 is 0 Å². The molecule has 152 valence electrons. The predicted octanol–water partition coefficient (Wildman–Crippen LogP) is 6.48. The second-order valence-electron chi connectivity index (χ2n) is 7.63. The van der Waals surface area contributed by atoms with Crippen molar-refractivity contribution in [2.75, 3.05) is 0 Å². The van der Waals surface area contributed by atoms with Crippen LogP contribution in [0.1, 0.15) is 5.82 Å². The number of nitrogens with zero attached hydrogens (tertiary/aromatic N) is 4. The van der Waals surface area contributed by atoms with Crippen LogP contribution in [0.5, 0.6) is 0 Å². The number of hydrogen-bond acceptors (Lipinski definition) is 5. The molecule has 0 saturated heterocycles. The molecule has 32 heavy (non-hydrogen) atoms. The highest BCUT2D eigenvalue weighted by Crippen LogP contribution is 2.35. The van der Waals surface area contributed by atoms with Crippen molar-refractivity contribution in [3.05, 3.63) is 97.1 Å². The molecule has 0 saturated carbocycles. The van der Waals surface area contributed by atoms with E-state index in [4.69, 9.17) is 9.40 Å². The van der Waals surface area contributed by atoms with E-state index in [1.807, 2.05) is 73.8 Å². The normalized spacial score (nSPS) is 11.3. The minimum atomic E-state index is 0.640. The number of rotatable bonds is 3. The Bertz CT molecular complexity index is 1570. The maximum atomic E-state index is 6.04. The van der Waals surface area contributed by atoms with Crippen molar-refractivity contribution in [3.8, 4) is 33.9 Å². The molecule has 0 aliphatic carbocycles. The zero-order valence-electron chi connectivity index (χ0n) is 17.4. The van der Waals surface area contributed by atoms with Crippen LogP contribution in [0.4, 0.5) is 0 Å². The van der Waals surface area contributed by atoms with E-state index < -0.39 is 0 Å². The average molecular weight is 414 g/mol. The molecular formula is C27H18N4O. The maximum Gasteiger partial charge on any atom is 0.164 e. The molecule has 6 rings (SSSR count). The summed E-state index contributed by atoms with van der Waals surface area (Å²) in [5.41, 5.74) is 5.73. The highest BCUT2D eigenvalue weighted by molar-refractivity contribution is 6.11. The third-order valence-electron chi connectivity index (χ3n) is 5.53. The van der Waals surface area contributed by atoms with Gasteiger partial charge in [0.2, 0.25) is 0 Å². The first-order valence-electron chi connectivity index (χ1n) is 10.4. The van der Waals surface area contributed by atoms with Crippen LogP contribution in [-0.2, 0) is 0 Å². The van der Waals surface area contributed by atoms with Crippen LogP contribution in [0.3, 0.4) is 0 Å². The number of furan rings is 1. The van der Waals surface area contributed by atoms with E-state index in [1.54, 1.807) is 6.20 Å². The average Bonchev–Trinajstić information content (AvgIpc) is 3.23. The molecule has 0 unspecified atom stereocenters. The van der Waals surface area contributed by atoms with Gasteiger partial charge in [0, 0.05) is 34.3 Å². The van der Waals surface area contributed by atoms with Gasteiger partial charge in [-0.05, 0) is 36.2 Å². The van der Waals surface area contributed by atoms with Gasteiger partial charge in [-0.3, -0.25) is 4.98 Å². The minimum Gasteiger partial charge on any atom is -0.456 e. The Morgan fingerprint density at radius 3 is 2.25 bits per heavy atom. The van der Waals surface area contributed by atoms with Crippen molar-refractivity contribution < 1.29 is 4.42 Å². The van der Waals surface area contributed by atoms with Gasteiger partial charge >= 0.3 is 0 Å². The fraction of sp³-hybridized carbons (Fsp3) is 0.0370. The lowest BCUT2D eigenvalue weighted by atomic mass is 10.0. The highest BCUT2D eigenvalue weighted by Gasteiger charge is 2.16. The first-order valence-corrected chi connectivity index (χ1v) is 10.4. The molecule has 0 bridgehead atoms. The molecule has 0 N–H and O–H groups in total. The van der Waals surface area contributed by atoms with Crippen molar-refractivity contribution in [3.63, 3.8) is 0 Å². The molecule has 0 fully saturated rings. The molecule has 0 amide bonds. The Morgan fingerprint density at radius 1 is 0.625 bits per heavy atom. The van der Waals surface area contributed by atoms with E-state index >= 15 is 0 Å². The van der Waals surface area contributed by atoms with Crippen molar-refractivity contribution in [1.82, 2.24) is 19.9 Å². The highest BCUT2D eigenvalue weighted by atomic mass is 16.3. The molecule has 0 radical (unpaired) electrons. The number of aryl methyl sites for hydroxylation is 1. The standard InChI is InChI=1S/C27H18N4O/c1-17-29-26(19-13-11-18(12-14-19)20-6-5-15-28-16-20)31-27(30-17)22-8-4-10-24-25(22)21-7-2-3-9-23(21)32-24/h2-16H,1H3. The first-order chi connectivity index (χ1) is 15.8. The number of pyridine rings is 1. The summed E-state index contributed by atoms with van der Waals surface area (Å²) in [7, 11) is 0. The summed E-state index contributed by atoms with van der Waals surface area (Å²) in [5, 5.41) is 2.07. The zero-order valence-corrected chi connectivity index (χ0v) is 17.4. The summed E-state index contributed by atoms with van der Waals surface area (Å²) in [5.74, 6) is 1.96. The van der Waals surface area contributed by atoms with Crippen LogP contribution in [0.15, 0.2) is 95.7 Å². The topological polar surface area (TPSA) is 64.7 Å². The molecular weight excluding hydrogens is 396 g/mol. The largest absolute Gasteiger partial charge is 0.456 e.